The Morgan fingerprint density at radius 1 is 1.12 bits per heavy atom. The van der Waals surface area contributed by atoms with Gasteiger partial charge in [-0.15, -0.1) is 0 Å². The Kier molecular flexibility index (Phi) is 4.71. The van der Waals surface area contributed by atoms with Crippen LogP contribution in [-0.2, 0) is 0 Å². The third kappa shape index (κ3) is 3.36. The minimum absolute atomic E-state index is 0.0859. The van der Waals surface area contributed by atoms with Gasteiger partial charge in [0.25, 0.3) is 0 Å². The Hall–Kier alpha value is -2.53. The number of nitrogens with zero attached hydrogens (tertiary/aromatic N) is 1. The number of hydrogen-bond acceptors (Lipinski definition) is 4. The van der Waals surface area contributed by atoms with Gasteiger partial charge in [-0.3, -0.25) is 0 Å². The second-order valence-electron chi connectivity index (χ2n) is 5.20. The first-order chi connectivity index (χ1) is 11.6. The summed E-state index contributed by atoms with van der Waals surface area (Å²) in [6.45, 7) is 2.33. The standard InChI is InChI=1S/C19H16BrNO3/c1-2-24-17-11-12(10-15(20)19(17)23)6-8-14-9-7-13-4-3-5-16(22)18(13)21-14/h3-11,22-23H,2H2,1H3/b8-6+. The van der Waals surface area contributed by atoms with Gasteiger partial charge < -0.3 is 14.9 Å². The molecule has 4 nitrogen and oxygen atoms in total. The third-order valence-electron chi connectivity index (χ3n) is 3.52. The van der Waals surface area contributed by atoms with Crippen molar-refractivity contribution in [3.05, 3.63) is 58.2 Å². The number of phenolic OH excluding ortho intramolecular Hbond substituents is 2. The van der Waals surface area contributed by atoms with E-state index in [9.17, 15) is 10.2 Å². The van der Waals surface area contributed by atoms with Gasteiger partial charge in [0, 0.05) is 5.39 Å². The van der Waals surface area contributed by atoms with Crippen molar-refractivity contribution in [2.75, 3.05) is 6.61 Å². The highest BCUT2D eigenvalue weighted by molar-refractivity contribution is 9.10. The van der Waals surface area contributed by atoms with Crippen LogP contribution in [0.1, 0.15) is 18.2 Å². The molecule has 0 aliphatic carbocycles. The Bertz CT molecular complexity index is 922. The van der Waals surface area contributed by atoms with E-state index in [-0.39, 0.29) is 11.5 Å². The molecule has 0 saturated carbocycles. The van der Waals surface area contributed by atoms with Crippen molar-refractivity contribution in [2.45, 2.75) is 6.92 Å². The lowest BCUT2D eigenvalue weighted by Crippen LogP contribution is -1.92. The van der Waals surface area contributed by atoms with E-state index in [2.05, 4.69) is 20.9 Å². The zero-order valence-corrected chi connectivity index (χ0v) is 14.6. The van der Waals surface area contributed by atoms with Gasteiger partial charge in [-0.25, -0.2) is 4.98 Å². The summed E-state index contributed by atoms with van der Waals surface area (Å²) in [4.78, 5) is 4.46. The highest BCUT2D eigenvalue weighted by Gasteiger charge is 2.08. The quantitative estimate of drug-likeness (QED) is 0.664. The normalized spacial score (nSPS) is 11.2. The molecule has 0 aliphatic rings. The smallest absolute Gasteiger partial charge is 0.172 e. The van der Waals surface area contributed by atoms with E-state index in [1.807, 2.05) is 37.3 Å². The van der Waals surface area contributed by atoms with E-state index in [0.29, 0.717) is 22.3 Å². The summed E-state index contributed by atoms with van der Waals surface area (Å²) in [5.74, 6) is 0.673. The number of benzene rings is 2. The van der Waals surface area contributed by atoms with E-state index in [0.717, 1.165) is 16.6 Å². The number of aromatic nitrogens is 1. The van der Waals surface area contributed by atoms with Crippen LogP contribution in [0.4, 0.5) is 0 Å². The van der Waals surface area contributed by atoms with Gasteiger partial charge in [-0.1, -0.05) is 24.3 Å². The molecule has 2 N–H and O–H groups in total. The van der Waals surface area contributed by atoms with Crippen LogP contribution in [0.3, 0.4) is 0 Å². The molecule has 0 fully saturated rings. The first kappa shape index (κ1) is 16.3. The number of pyridine rings is 1. The van der Waals surface area contributed by atoms with Gasteiger partial charge in [-0.05, 0) is 58.8 Å². The molecule has 3 rings (SSSR count). The van der Waals surface area contributed by atoms with Crippen molar-refractivity contribution in [2.24, 2.45) is 0 Å². The summed E-state index contributed by atoms with van der Waals surface area (Å²) in [6, 6.07) is 12.7. The van der Waals surface area contributed by atoms with Crippen LogP contribution >= 0.6 is 15.9 Å². The molecule has 0 atom stereocenters. The largest absolute Gasteiger partial charge is 0.506 e. The van der Waals surface area contributed by atoms with Crippen molar-refractivity contribution in [1.82, 2.24) is 4.98 Å². The lowest BCUT2D eigenvalue weighted by Gasteiger charge is -2.08. The van der Waals surface area contributed by atoms with Crippen molar-refractivity contribution in [1.29, 1.82) is 0 Å². The monoisotopic (exact) mass is 385 g/mol. The van der Waals surface area contributed by atoms with Crippen LogP contribution in [0.15, 0.2) is 46.9 Å². The predicted molar refractivity (Wildman–Crippen MR) is 99.3 cm³/mol. The molecule has 122 valence electrons. The molecule has 0 radical (unpaired) electrons. The molecule has 24 heavy (non-hydrogen) atoms. The van der Waals surface area contributed by atoms with Crippen molar-refractivity contribution in [3.8, 4) is 17.2 Å². The molecule has 0 saturated heterocycles. The van der Waals surface area contributed by atoms with Crippen molar-refractivity contribution >= 4 is 39.0 Å². The Labute approximate surface area is 148 Å². The number of halogens is 1. The first-order valence-electron chi connectivity index (χ1n) is 7.50. The molecule has 1 heterocycles. The topological polar surface area (TPSA) is 62.6 Å². The maximum Gasteiger partial charge on any atom is 0.172 e. The summed E-state index contributed by atoms with van der Waals surface area (Å²) in [7, 11) is 0. The zero-order chi connectivity index (χ0) is 17.1. The number of phenols is 2. The fraction of sp³-hybridized carbons (Fsp3) is 0.105. The molecule has 3 aromatic rings. The number of aromatic hydroxyl groups is 2. The molecule has 1 aromatic heterocycles. The average Bonchev–Trinajstić information content (AvgIpc) is 2.58. The van der Waals surface area contributed by atoms with Gasteiger partial charge in [0.05, 0.1) is 16.8 Å². The lowest BCUT2D eigenvalue weighted by molar-refractivity contribution is 0.317. The molecule has 2 aromatic carbocycles. The molecule has 0 bridgehead atoms. The van der Waals surface area contributed by atoms with Gasteiger partial charge in [0.2, 0.25) is 0 Å². The molecular formula is C19H16BrNO3. The summed E-state index contributed by atoms with van der Waals surface area (Å²) >= 11 is 3.32. The maximum atomic E-state index is 9.95. The van der Waals surface area contributed by atoms with Crippen LogP contribution in [0, 0.1) is 0 Å². The van der Waals surface area contributed by atoms with E-state index in [1.54, 1.807) is 24.3 Å². The number of ether oxygens (including phenoxy) is 1. The van der Waals surface area contributed by atoms with Gasteiger partial charge in [0.15, 0.2) is 11.5 Å². The SMILES string of the molecule is CCOc1cc(/C=C/c2ccc3cccc(O)c3n2)cc(Br)c1O. The van der Waals surface area contributed by atoms with Crippen LogP contribution in [0.2, 0.25) is 0 Å². The second kappa shape index (κ2) is 6.93. The first-order valence-corrected chi connectivity index (χ1v) is 8.30. The third-order valence-corrected chi connectivity index (χ3v) is 4.12. The maximum absolute atomic E-state index is 9.95. The fourth-order valence-corrected chi connectivity index (χ4v) is 2.84. The van der Waals surface area contributed by atoms with Gasteiger partial charge in [-0.2, -0.15) is 0 Å². The lowest BCUT2D eigenvalue weighted by atomic mass is 10.1. The zero-order valence-electron chi connectivity index (χ0n) is 13.0. The van der Waals surface area contributed by atoms with Crippen LogP contribution in [-0.4, -0.2) is 21.8 Å². The number of fused-ring (bicyclic) bond motifs is 1. The summed E-state index contributed by atoms with van der Waals surface area (Å²) < 4.78 is 5.99. The highest BCUT2D eigenvalue weighted by atomic mass is 79.9. The van der Waals surface area contributed by atoms with Crippen LogP contribution in [0.25, 0.3) is 23.1 Å². The van der Waals surface area contributed by atoms with E-state index >= 15 is 0 Å². The Morgan fingerprint density at radius 3 is 2.75 bits per heavy atom. The second-order valence-corrected chi connectivity index (χ2v) is 6.06. The fourth-order valence-electron chi connectivity index (χ4n) is 2.38. The van der Waals surface area contributed by atoms with Crippen LogP contribution in [0.5, 0.6) is 17.2 Å². The number of hydrogen-bond donors (Lipinski definition) is 2. The molecule has 0 aliphatic heterocycles. The highest BCUT2D eigenvalue weighted by Crippen LogP contribution is 2.36. The summed E-state index contributed by atoms with van der Waals surface area (Å²) in [5.41, 5.74) is 2.16. The van der Waals surface area contributed by atoms with Crippen molar-refractivity contribution < 1.29 is 14.9 Å². The molecule has 0 unspecified atom stereocenters. The number of para-hydroxylation sites is 1. The Balaban J connectivity index is 1.95. The van der Waals surface area contributed by atoms with E-state index < -0.39 is 0 Å². The van der Waals surface area contributed by atoms with E-state index in [4.69, 9.17) is 4.74 Å². The predicted octanol–water partition coefficient (Wildman–Crippen LogP) is 4.98. The minimum atomic E-state index is 0.0859. The summed E-state index contributed by atoms with van der Waals surface area (Å²) in [5, 5.41) is 20.7. The summed E-state index contributed by atoms with van der Waals surface area (Å²) in [6.07, 6.45) is 3.72. The van der Waals surface area contributed by atoms with Crippen LogP contribution < -0.4 is 4.74 Å². The molecule has 0 spiro atoms. The number of rotatable bonds is 4. The molecule has 0 amide bonds. The van der Waals surface area contributed by atoms with Gasteiger partial charge >= 0.3 is 0 Å². The van der Waals surface area contributed by atoms with Crippen molar-refractivity contribution in [3.63, 3.8) is 0 Å². The minimum Gasteiger partial charge on any atom is -0.506 e. The average molecular weight is 386 g/mol. The Morgan fingerprint density at radius 2 is 1.96 bits per heavy atom. The van der Waals surface area contributed by atoms with Gasteiger partial charge in [0.1, 0.15) is 11.3 Å². The van der Waals surface area contributed by atoms with E-state index in [1.165, 1.54) is 0 Å². The molecule has 5 heteroatoms. The molecular weight excluding hydrogens is 370 g/mol.